The normalized spacial score (nSPS) is 10.4. The molecule has 34 heavy (non-hydrogen) atoms. The van der Waals surface area contributed by atoms with Gasteiger partial charge in [0.25, 0.3) is 5.91 Å². The number of halogens is 1. The molecule has 3 aromatic carbocycles. The molecule has 0 aromatic heterocycles. The standard InChI is InChI=1S/C24H21ClN4O5/c1-33-18-12-8-17(9-13-18)27-23(31)24(32)29-26-14-16-6-10-19(11-7-16)34-15-22(30)28-21-5-3-2-4-20(21)25/h2-14H,15H2,1H3,(H,27,31)(H,28,30)(H,29,32)/b26-14-. The predicted molar refractivity (Wildman–Crippen MR) is 129 cm³/mol. The second-order valence-electron chi connectivity index (χ2n) is 6.77. The highest BCUT2D eigenvalue weighted by atomic mass is 35.5. The van der Waals surface area contributed by atoms with Crippen molar-refractivity contribution < 1.29 is 23.9 Å². The Morgan fingerprint density at radius 3 is 2.24 bits per heavy atom. The van der Waals surface area contributed by atoms with Crippen LogP contribution in [0.5, 0.6) is 11.5 Å². The first-order valence-electron chi connectivity index (χ1n) is 10.0. The van der Waals surface area contributed by atoms with Gasteiger partial charge >= 0.3 is 11.8 Å². The van der Waals surface area contributed by atoms with Gasteiger partial charge in [-0.1, -0.05) is 23.7 Å². The lowest BCUT2D eigenvalue weighted by molar-refractivity contribution is -0.136. The van der Waals surface area contributed by atoms with Crippen LogP contribution in [0.2, 0.25) is 5.02 Å². The van der Waals surface area contributed by atoms with Crippen LogP contribution in [-0.2, 0) is 14.4 Å². The number of hydrogen-bond donors (Lipinski definition) is 3. The lowest BCUT2D eigenvalue weighted by Crippen LogP contribution is -2.32. The summed E-state index contributed by atoms with van der Waals surface area (Å²) in [4.78, 5) is 35.8. The number of amides is 3. The number of carbonyl (C=O) groups excluding carboxylic acids is 3. The Morgan fingerprint density at radius 2 is 1.56 bits per heavy atom. The molecule has 0 radical (unpaired) electrons. The summed E-state index contributed by atoms with van der Waals surface area (Å²) in [5, 5.41) is 9.32. The number of ether oxygens (including phenoxy) is 2. The van der Waals surface area contributed by atoms with Gasteiger partial charge in [0.1, 0.15) is 11.5 Å². The molecule has 9 nitrogen and oxygen atoms in total. The van der Waals surface area contributed by atoms with Crippen molar-refractivity contribution in [1.82, 2.24) is 5.43 Å². The van der Waals surface area contributed by atoms with E-state index in [1.165, 1.54) is 13.3 Å². The molecular weight excluding hydrogens is 460 g/mol. The number of nitrogens with one attached hydrogen (secondary N) is 3. The van der Waals surface area contributed by atoms with Crippen LogP contribution >= 0.6 is 11.6 Å². The molecule has 0 spiro atoms. The van der Waals surface area contributed by atoms with Gasteiger partial charge in [0.2, 0.25) is 0 Å². The summed E-state index contributed by atoms with van der Waals surface area (Å²) >= 11 is 6.01. The van der Waals surface area contributed by atoms with Gasteiger partial charge in [-0.15, -0.1) is 0 Å². The van der Waals surface area contributed by atoms with Crippen molar-refractivity contribution in [2.45, 2.75) is 0 Å². The molecule has 0 atom stereocenters. The van der Waals surface area contributed by atoms with E-state index in [0.29, 0.717) is 33.5 Å². The van der Waals surface area contributed by atoms with E-state index < -0.39 is 11.8 Å². The number of para-hydroxylation sites is 1. The van der Waals surface area contributed by atoms with Crippen LogP contribution in [0.25, 0.3) is 0 Å². The van der Waals surface area contributed by atoms with E-state index >= 15 is 0 Å². The second-order valence-corrected chi connectivity index (χ2v) is 7.17. The average Bonchev–Trinajstić information content (AvgIpc) is 2.85. The molecule has 10 heteroatoms. The molecule has 0 saturated heterocycles. The predicted octanol–water partition coefficient (Wildman–Crippen LogP) is 3.45. The Labute approximate surface area is 200 Å². The fraction of sp³-hybridized carbons (Fsp3) is 0.0833. The quantitative estimate of drug-likeness (QED) is 0.259. The van der Waals surface area contributed by atoms with E-state index in [9.17, 15) is 14.4 Å². The molecule has 0 saturated carbocycles. The van der Waals surface area contributed by atoms with Crippen LogP contribution in [0.4, 0.5) is 11.4 Å². The van der Waals surface area contributed by atoms with Crippen LogP contribution in [-0.4, -0.2) is 37.7 Å². The topological polar surface area (TPSA) is 118 Å². The molecule has 0 aliphatic rings. The van der Waals surface area contributed by atoms with E-state index in [1.807, 2.05) is 0 Å². The lowest BCUT2D eigenvalue weighted by atomic mass is 10.2. The highest BCUT2D eigenvalue weighted by molar-refractivity contribution is 6.39. The molecule has 0 aliphatic heterocycles. The maximum absolute atomic E-state index is 12.0. The first-order chi connectivity index (χ1) is 16.4. The van der Waals surface area contributed by atoms with Crippen LogP contribution in [0, 0.1) is 0 Å². The third-order valence-corrected chi connectivity index (χ3v) is 4.66. The number of methoxy groups -OCH3 is 1. The Bertz CT molecular complexity index is 1180. The van der Waals surface area contributed by atoms with Crippen LogP contribution in [0.3, 0.4) is 0 Å². The smallest absolute Gasteiger partial charge is 0.329 e. The van der Waals surface area contributed by atoms with Crippen molar-refractivity contribution in [3.05, 3.63) is 83.4 Å². The molecular formula is C24H21ClN4O5. The van der Waals surface area contributed by atoms with Gasteiger partial charge in [0, 0.05) is 5.69 Å². The summed E-state index contributed by atoms with van der Waals surface area (Å²) in [6, 6.07) is 20.1. The fourth-order valence-corrected chi connectivity index (χ4v) is 2.81. The van der Waals surface area contributed by atoms with Gasteiger partial charge < -0.3 is 20.1 Å². The van der Waals surface area contributed by atoms with Crippen molar-refractivity contribution in [3.63, 3.8) is 0 Å². The van der Waals surface area contributed by atoms with Crippen LogP contribution < -0.4 is 25.5 Å². The van der Waals surface area contributed by atoms with Crippen molar-refractivity contribution in [2.24, 2.45) is 5.10 Å². The van der Waals surface area contributed by atoms with E-state index in [4.69, 9.17) is 21.1 Å². The van der Waals surface area contributed by atoms with Gasteiger partial charge in [-0.2, -0.15) is 5.10 Å². The zero-order chi connectivity index (χ0) is 24.3. The number of nitrogens with zero attached hydrogens (tertiary/aromatic N) is 1. The first-order valence-corrected chi connectivity index (χ1v) is 10.4. The minimum absolute atomic E-state index is 0.196. The van der Waals surface area contributed by atoms with Gasteiger partial charge in [-0.05, 0) is 66.2 Å². The largest absolute Gasteiger partial charge is 0.497 e. The molecule has 3 aromatic rings. The summed E-state index contributed by atoms with van der Waals surface area (Å²) in [7, 11) is 1.53. The number of anilines is 2. The van der Waals surface area contributed by atoms with Crippen molar-refractivity contribution in [3.8, 4) is 11.5 Å². The third kappa shape index (κ3) is 7.35. The number of rotatable bonds is 8. The Kier molecular flexibility index (Phi) is 8.59. The Balaban J connectivity index is 1.43. The summed E-state index contributed by atoms with van der Waals surface area (Å²) in [5.74, 6) is -1.04. The monoisotopic (exact) mass is 480 g/mol. The Morgan fingerprint density at radius 1 is 0.882 bits per heavy atom. The summed E-state index contributed by atoms with van der Waals surface area (Å²) in [6.45, 7) is -0.196. The van der Waals surface area contributed by atoms with Crippen LogP contribution in [0.1, 0.15) is 5.56 Å². The number of hydrogen-bond acceptors (Lipinski definition) is 6. The van der Waals surface area contributed by atoms with Crippen molar-refractivity contribution in [2.75, 3.05) is 24.4 Å². The molecule has 0 unspecified atom stereocenters. The SMILES string of the molecule is COc1ccc(NC(=O)C(=O)N/N=C\c2ccc(OCC(=O)Nc3ccccc3Cl)cc2)cc1. The fourth-order valence-electron chi connectivity index (χ4n) is 2.63. The summed E-state index contributed by atoms with van der Waals surface area (Å²) in [6.07, 6.45) is 1.37. The van der Waals surface area contributed by atoms with E-state index in [-0.39, 0.29) is 12.5 Å². The minimum Gasteiger partial charge on any atom is -0.497 e. The molecule has 0 fully saturated rings. The third-order valence-electron chi connectivity index (χ3n) is 4.33. The molecule has 3 N–H and O–H groups in total. The molecule has 3 amide bonds. The van der Waals surface area contributed by atoms with Gasteiger partial charge in [-0.25, -0.2) is 5.43 Å². The molecule has 0 heterocycles. The molecule has 3 rings (SSSR count). The average molecular weight is 481 g/mol. The molecule has 0 aliphatic carbocycles. The Hall–Kier alpha value is -4.37. The maximum atomic E-state index is 12.0. The zero-order valence-electron chi connectivity index (χ0n) is 18.1. The highest BCUT2D eigenvalue weighted by Gasteiger charge is 2.12. The minimum atomic E-state index is -0.920. The number of carbonyl (C=O) groups is 3. The van der Waals surface area contributed by atoms with Crippen molar-refractivity contribution in [1.29, 1.82) is 0 Å². The number of hydrazone groups is 1. The first kappa shape index (κ1) is 24.3. The van der Waals surface area contributed by atoms with Gasteiger partial charge in [0.15, 0.2) is 6.61 Å². The lowest BCUT2D eigenvalue weighted by Gasteiger charge is -2.08. The van der Waals surface area contributed by atoms with Crippen molar-refractivity contribution >= 4 is 46.9 Å². The van der Waals surface area contributed by atoms with Crippen LogP contribution in [0.15, 0.2) is 77.9 Å². The summed E-state index contributed by atoms with van der Waals surface area (Å²) < 4.78 is 10.5. The van der Waals surface area contributed by atoms with E-state index in [1.54, 1.807) is 72.8 Å². The second kappa shape index (κ2) is 12.0. The summed E-state index contributed by atoms with van der Waals surface area (Å²) in [5.41, 5.74) is 3.75. The number of benzene rings is 3. The van der Waals surface area contributed by atoms with Gasteiger partial charge in [0.05, 0.1) is 24.0 Å². The maximum Gasteiger partial charge on any atom is 0.329 e. The van der Waals surface area contributed by atoms with E-state index in [0.717, 1.165) is 0 Å². The molecule has 174 valence electrons. The highest BCUT2D eigenvalue weighted by Crippen LogP contribution is 2.20. The van der Waals surface area contributed by atoms with E-state index in [2.05, 4.69) is 21.2 Å². The molecule has 0 bridgehead atoms. The zero-order valence-corrected chi connectivity index (χ0v) is 18.8. The van der Waals surface area contributed by atoms with Gasteiger partial charge in [-0.3, -0.25) is 14.4 Å².